The van der Waals surface area contributed by atoms with E-state index < -0.39 is 35.6 Å². The number of nitrogens with one attached hydrogen (secondary N) is 1. The summed E-state index contributed by atoms with van der Waals surface area (Å²) < 4.78 is 58.1. The fourth-order valence-corrected chi connectivity index (χ4v) is 4.47. The van der Waals surface area contributed by atoms with Crippen molar-refractivity contribution < 1.29 is 31.9 Å². The molecule has 0 fully saturated rings. The lowest BCUT2D eigenvalue weighted by Gasteiger charge is -2.14. The van der Waals surface area contributed by atoms with E-state index >= 15 is 0 Å². The largest absolute Gasteiger partial charge is 0.484 e. The number of hydrogen-bond donors (Lipinski definition) is 1. The average molecular weight is 588 g/mol. The molecule has 0 aliphatic carbocycles. The quantitative estimate of drug-likeness (QED) is 0.177. The predicted octanol–water partition coefficient (Wildman–Crippen LogP) is 8.63. The van der Waals surface area contributed by atoms with Crippen molar-refractivity contribution in [3.63, 3.8) is 0 Å². The maximum Gasteiger partial charge on any atom is 0.453 e. The molecule has 9 heteroatoms. The molecule has 1 N–H and O–H groups in total. The Morgan fingerprint density at radius 2 is 1.53 bits per heavy atom. The van der Waals surface area contributed by atoms with Gasteiger partial charge >= 0.3 is 6.18 Å². The van der Waals surface area contributed by atoms with E-state index in [4.69, 9.17) is 13.9 Å². The van der Waals surface area contributed by atoms with E-state index in [1.54, 1.807) is 24.3 Å². The van der Waals surface area contributed by atoms with Crippen molar-refractivity contribution in [2.24, 2.45) is 0 Å². The summed E-state index contributed by atoms with van der Waals surface area (Å²) in [5.74, 6) is -2.91. The maximum atomic E-state index is 14.0. The lowest BCUT2D eigenvalue weighted by molar-refractivity contribution is -0.154. The summed E-state index contributed by atoms with van der Waals surface area (Å²) in [6, 6.07) is 27.0. The lowest BCUT2D eigenvalue weighted by Crippen LogP contribution is -2.20. The van der Waals surface area contributed by atoms with Crippen molar-refractivity contribution in [3.05, 3.63) is 119 Å². The second-order valence-electron chi connectivity index (χ2n) is 9.87. The zero-order valence-corrected chi connectivity index (χ0v) is 23.2. The number of aryl methyl sites for hydroxylation is 1. The van der Waals surface area contributed by atoms with Gasteiger partial charge in [-0.3, -0.25) is 9.59 Å². The van der Waals surface area contributed by atoms with Gasteiger partial charge in [0.1, 0.15) is 17.1 Å². The first-order valence-corrected chi connectivity index (χ1v) is 13.7. The van der Waals surface area contributed by atoms with E-state index in [2.05, 4.69) is 12.2 Å². The first kappa shape index (κ1) is 29.4. The van der Waals surface area contributed by atoms with E-state index in [0.29, 0.717) is 5.69 Å². The van der Waals surface area contributed by atoms with Gasteiger partial charge in [-0.25, -0.2) is 0 Å². The molecule has 0 aliphatic heterocycles. The number of unbranched alkanes of at least 4 members (excludes halogenated alkanes) is 1. The minimum absolute atomic E-state index is 0.0402. The molecule has 6 nitrogen and oxygen atoms in total. The van der Waals surface area contributed by atoms with Crippen LogP contribution < -0.4 is 20.2 Å². The van der Waals surface area contributed by atoms with Gasteiger partial charge in [-0.2, -0.15) is 13.2 Å². The minimum atomic E-state index is -5.02. The Kier molecular flexibility index (Phi) is 8.80. The van der Waals surface area contributed by atoms with Gasteiger partial charge in [0.2, 0.25) is 11.2 Å². The molecule has 1 aromatic heterocycles. The van der Waals surface area contributed by atoms with Crippen molar-refractivity contribution in [2.45, 2.75) is 32.4 Å². The molecule has 0 radical (unpaired) electrons. The van der Waals surface area contributed by atoms with Crippen molar-refractivity contribution in [3.8, 4) is 28.4 Å². The average Bonchev–Trinajstić information content (AvgIpc) is 3.01. The summed E-state index contributed by atoms with van der Waals surface area (Å²) in [5, 5.41) is 2.58. The molecule has 43 heavy (non-hydrogen) atoms. The Morgan fingerprint density at radius 1 is 0.860 bits per heavy atom. The Labute approximate surface area is 245 Å². The third-order valence-corrected chi connectivity index (χ3v) is 6.69. The number of hydrogen-bond acceptors (Lipinski definition) is 5. The Balaban J connectivity index is 1.32. The molecule has 4 aromatic carbocycles. The molecule has 0 aliphatic rings. The van der Waals surface area contributed by atoms with Crippen LogP contribution in [0.5, 0.6) is 17.2 Å². The third kappa shape index (κ3) is 7.24. The van der Waals surface area contributed by atoms with Gasteiger partial charge in [-0.1, -0.05) is 67.9 Å². The SMILES string of the molecule is CCCCc1ccc(NC(=O)COc2ccc3c(=O)c(Oc4ccc(-c5ccccc5)cc4)c(C(F)(F)F)oc3c2)cc1. The second-order valence-corrected chi connectivity index (χ2v) is 9.87. The van der Waals surface area contributed by atoms with Gasteiger partial charge in [-0.15, -0.1) is 0 Å². The first-order chi connectivity index (χ1) is 20.7. The number of carbonyl (C=O) groups is 1. The molecule has 0 spiro atoms. The van der Waals surface area contributed by atoms with Crippen LogP contribution in [-0.2, 0) is 17.4 Å². The fraction of sp³-hybridized carbons (Fsp3) is 0.176. The van der Waals surface area contributed by atoms with Gasteiger partial charge in [0.05, 0.1) is 5.39 Å². The Hall–Kier alpha value is -5.05. The highest BCUT2D eigenvalue weighted by Crippen LogP contribution is 2.39. The topological polar surface area (TPSA) is 77.8 Å². The van der Waals surface area contributed by atoms with Crippen LogP contribution in [-0.4, -0.2) is 12.5 Å². The van der Waals surface area contributed by atoms with E-state index in [-0.39, 0.29) is 22.5 Å². The molecule has 0 saturated carbocycles. The lowest BCUT2D eigenvalue weighted by atomic mass is 10.1. The second kappa shape index (κ2) is 12.9. The molecule has 0 bridgehead atoms. The number of carbonyl (C=O) groups excluding carboxylic acids is 1. The van der Waals surface area contributed by atoms with Crippen LogP contribution in [0.3, 0.4) is 0 Å². The number of ether oxygens (including phenoxy) is 2. The van der Waals surface area contributed by atoms with Crippen LogP contribution in [0.25, 0.3) is 22.1 Å². The van der Waals surface area contributed by atoms with E-state index in [0.717, 1.165) is 36.5 Å². The highest BCUT2D eigenvalue weighted by molar-refractivity contribution is 5.92. The number of alkyl halides is 3. The summed E-state index contributed by atoms with van der Waals surface area (Å²) in [6.45, 7) is 1.71. The van der Waals surface area contributed by atoms with Crippen LogP contribution in [0.4, 0.5) is 18.9 Å². The highest BCUT2D eigenvalue weighted by atomic mass is 19.4. The van der Waals surface area contributed by atoms with Gasteiger partial charge in [0.25, 0.3) is 11.7 Å². The number of rotatable bonds is 10. The Morgan fingerprint density at radius 3 is 2.21 bits per heavy atom. The monoisotopic (exact) mass is 587 g/mol. The summed E-state index contributed by atoms with van der Waals surface area (Å²) in [4.78, 5) is 25.6. The van der Waals surface area contributed by atoms with Gasteiger partial charge in [0, 0.05) is 11.8 Å². The molecular weight excluding hydrogens is 559 g/mol. The first-order valence-electron chi connectivity index (χ1n) is 13.7. The zero-order chi connectivity index (χ0) is 30.4. The molecule has 5 aromatic rings. The van der Waals surface area contributed by atoms with E-state index in [9.17, 15) is 22.8 Å². The number of halogens is 3. The maximum absolute atomic E-state index is 14.0. The molecule has 0 saturated heterocycles. The van der Waals surface area contributed by atoms with Crippen LogP contribution in [0.2, 0.25) is 0 Å². The number of fused-ring (bicyclic) bond motifs is 1. The molecule has 0 unspecified atom stereocenters. The van der Waals surface area contributed by atoms with Crippen molar-refractivity contribution in [2.75, 3.05) is 11.9 Å². The van der Waals surface area contributed by atoms with Crippen molar-refractivity contribution >= 4 is 22.6 Å². The smallest absolute Gasteiger partial charge is 0.453 e. The number of benzene rings is 4. The predicted molar refractivity (Wildman–Crippen MR) is 159 cm³/mol. The van der Waals surface area contributed by atoms with E-state index in [1.807, 2.05) is 42.5 Å². The zero-order valence-electron chi connectivity index (χ0n) is 23.2. The van der Waals surface area contributed by atoms with Gasteiger partial charge in [-0.05, 0) is 65.9 Å². The molecule has 0 atom stereocenters. The summed E-state index contributed by atoms with van der Waals surface area (Å²) >= 11 is 0. The summed E-state index contributed by atoms with van der Waals surface area (Å²) in [7, 11) is 0. The van der Waals surface area contributed by atoms with Gasteiger partial charge < -0.3 is 19.2 Å². The van der Waals surface area contributed by atoms with Crippen LogP contribution in [0.1, 0.15) is 31.1 Å². The van der Waals surface area contributed by atoms with Gasteiger partial charge in [0.15, 0.2) is 6.61 Å². The summed E-state index contributed by atoms with van der Waals surface area (Å²) in [5.41, 5.74) is 2.16. The number of anilines is 1. The number of amides is 1. The van der Waals surface area contributed by atoms with Crippen LogP contribution in [0, 0.1) is 0 Å². The van der Waals surface area contributed by atoms with Crippen LogP contribution in [0.15, 0.2) is 106 Å². The molecule has 1 amide bonds. The standard InChI is InChI=1S/C34H28F3NO5/c1-2-3-7-22-10-14-25(15-11-22)38-30(39)21-41-27-18-19-28-29(20-27)43-33(34(35,36)37)32(31(28)40)42-26-16-12-24(13-17-26)23-8-5-4-6-9-23/h4-6,8-20H,2-3,7,21H2,1H3,(H,38,39). The molecule has 220 valence electrons. The van der Waals surface area contributed by atoms with Crippen molar-refractivity contribution in [1.29, 1.82) is 0 Å². The molecule has 1 heterocycles. The fourth-order valence-electron chi connectivity index (χ4n) is 4.47. The molecular formula is C34H28F3NO5. The third-order valence-electron chi connectivity index (χ3n) is 6.69. The Bertz CT molecular complexity index is 1760. The van der Waals surface area contributed by atoms with E-state index in [1.165, 1.54) is 29.8 Å². The van der Waals surface area contributed by atoms with Crippen molar-refractivity contribution in [1.82, 2.24) is 0 Å². The molecule has 5 rings (SSSR count). The normalized spacial score (nSPS) is 11.3. The highest BCUT2D eigenvalue weighted by Gasteiger charge is 2.40. The minimum Gasteiger partial charge on any atom is -0.484 e. The summed E-state index contributed by atoms with van der Waals surface area (Å²) in [6.07, 6.45) is -1.90. The van der Waals surface area contributed by atoms with Crippen LogP contribution >= 0.6 is 0 Å².